The first-order valence-corrected chi connectivity index (χ1v) is 6.60. The fourth-order valence-electron chi connectivity index (χ4n) is 0.330. The molecule has 9 nitrogen and oxygen atoms in total. The van der Waals surface area contributed by atoms with E-state index >= 15 is 0 Å². The Kier molecular flexibility index (Phi) is 7.32. The number of rotatable bonds is 6. The maximum atomic E-state index is 11.7. The normalized spacial score (nSPS) is 12.9. The van der Waals surface area contributed by atoms with Crippen LogP contribution >= 0.6 is 0 Å². The minimum absolute atomic E-state index is 0. The zero-order valence-electron chi connectivity index (χ0n) is 7.61. The maximum absolute atomic E-state index is 11.7. The standard InChI is InChI=1S/BF3O9S3.Li/c2-14(5,6)11-1(12-15(3,7)8)13-16(4,9)10;. The predicted molar refractivity (Wildman–Crippen MR) is 44.8 cm³/mol. The second kappa shape index (κ2) is 6.38. The van der Waals surface area contributed by atoms with E-state index in [9.17, 15) is 36.9 Å². The van der Waals surface area contributed by atoms with Gasteiger partial charge in [-0.05, 0) is 0 Å². The predicted octanol–water partition coefficient (Wildman–Crippen LogP) is -1.72. The van der Waals surface area contributed by atoms with Crippen molar-refractivity contribution in [3.05, 3.63) is 0 Å². The first-order valence-electron chi connectivity index (χ1n) is 2.67. The van der Waals surface area contributed by atoms with E-state index in [1.165, 1.54) is 0 Å². The average Bonchev–Trinajstić information content (AvgIpc) is 1.70. The fraction of sp³-hybridized carbons (Fsp3) is 0. The third-order valence-corrected chi connectivity index (χ3v) is 1.74. The van der Waals surface area contributed by atoms with Gasteiger partial charge < -0.3 is 0 Å². The minimum atomic E-state index is -5.98. The van der Waals surface area contributed by atoms with Gasteiger partial charge in [0.15, 0.2) is 0 Å². The fourth-order valence-corrected chi connectivity index (χ4v) is 1.28. The molecule has 0 saturated carbocycles. The Balaban J connectivity index is 0. The molecular formula is BF3LiO9S3. The first-order chi connectivity index (χ1) is 6.79. The van der Waals surface area contributed by atoms with Crippen molar-refractivity contribution < 1.29 is 49.2 Å². The zero-order chi connectivity index (χ0) is 13.2. The Morgan fingerprint density at radius 1 is 0.647 bits per heavy atom. The first kappa shape index (κ1) is 19.5. The van der Waals surface area contributed by atoms with Crippen molar-refractivity contribution in [2.24, 2.45) is 0 Å². The molecule has 0 unspecified atom stereocenters. The molecule has 0 spiro atoms. The van der Waals surface area contributed by atoms with Gasteiger partial charge in [-0.25, -0.2) is 12.3 Å². The van der Waals surface area contributed by atoms with Crippen LogP contribution in [-0.4, -0.2) is 51.4 Å². The summed E-state index contributed by atoms with van der Waals surface area (Å²) < 4.78 is 102. The quantitative estimate of drug-likeness (QED) is 0.415. The summed E-state index contributed by atoms with van der Waals surface area (Å²) in [4.78, 5) is 0. The molecule has 0 aliphatic heterocycles. The van der Waals surface area contributed by atoms with E-state index in [4.69, 9.17) is 0 Å². The number of hydrogen-bond acceptors (Lipinski definition) is 9. The largest absolute Gasteiger partial charge is 0.690 e. The molecule has 97 valence electrons. The van der Waals surface area contributed by atoms with Crippen molar-refractivity contribution in [2.75, 3.05) is 0 Å². The van der Waals surface area contributed by atoms with Crippen LogP contribution in [0.3, 0.4) is 0 Å². The Hall–Kier alpha value is 0.182. The Bertz CT molecular complexity index is 451. The Morgan fingerprint density at radius 2 is 0.824 bits per heavy atom. The molecule has 0 rings (SSSR count). The third-order valence-electron chi connectivity index (χ3n) is 0.581. The molecule has 0 bridgehead atoms. The van der Waals surface area contributed by atoms with Gasteiger partial charge in [0.1, 0.15) is 0 Å². The molecule has 0 fully saturated rings. The summed E-state index contributed by atoms with van der Waals surface area (Å²) >= 11 is 0. The van der Waals surface area contributed by atoms with E-state index in [2.05, 4.69) is 12.3 Å². The molecule has 0 N–H and O–H groups in total. The van der Waals surface area contributed by atoms with Crippen molar-refractivity contribution in [1.29, 1.82) is 0 Å². The van der Waals surface area contributed by atoms with Crippen LogP contribution < -0.4 is 0 Å². The molecule has 0 aromatic rings. The van der Waals surface area contributed by atoms with Gasteiger partial charge in [-0.1, -0.05) is 11.7 Å². The van der Waals surface area contributed by atoms with Crippen LogP contribution in [-0.2, 0) is 43.8 Å². The molecule has 17 heavy (non-hydrogen) atoms. The second-order valence-corrected chi connectivity index (χ2v) is 4.69. The summed E-state index contributed by atoms with van der Waals surface area (Å²) in [6.45, 7) is 0. The van der Waals surface area contributed by atoms with Crippen molar-refractivity contribution in [3.63, 3.8) is 0 Å². The van der Waals surface area contributed by atoms with E-state index in [-0.39, 0.29) is 18.9 Å². The van der Waals surface area contributed by atoms with Crippen molar-refractivity contribution in [3.8, 4) is 0 Å². The summed E-state index contributed by atoms with van der Waals surface area (Å²) in [7, 11) is -21.5. The Morgan fingerprint density at radius 3 is 0.941 bits per heavy atom. The molecule has 0 aliphatic rings. The molecule has 0 atom stereocenters. The van der Waals surface area contributed by atoms with E-state index in [1.54, 1.807) is 0 Å². The van der Waals surface area contributed by atoms with Gasteiger partial charge in [-0.15, -0.1) is 0 Å². The average molecular weight is 315 g/mol. The van der Waals surface area contributed by atoms with Crippen LogP contribution in [0.15, 0.2) is 0 Å². The molecule has 0 aliphatic carbocycles. The summed E-state index contributed by atoms with van der Waals surface area (Å²) in [6, 6.07) is 0. The molecule has 0 heterocycles. The van der Waals surface area contributed by atoms with Crippen LogP contribution in [0.1, 0.15) is 0 Å². The van der Waals surface area contributed by atoms with Crippen molar-refractivity contribution in [1.82, 2.24) is 0 Å². The monoisotopic (exact) mass is 315 g/mol. The molecule has 1 radical (unpaired) electrons. The Labute approximate surface area is 107 Å². The van der Waals surface area contributed by atoms with Crippen LogP contribution in [0.5, 0.6) is 0 Å². The van der Waals surface area contributed by atoms with Gasteiger partial charge in [0.2, 0.25) is 0 Å². The SMILES string of the molecule is O=S(=O)(F)OB(OS(=O)(=O)F)OS(=O)(=O)F.[Li]. The zero-order valence-corrected chi connectivity index (χ0v) is 10.1. The van der Waals surface area contributed by atoms with E-state index < -0.39 is 38.8 Å². The van der Waals surface area contributed by atoms with Crippen LogP contribution in [0.25, 0.3) is 0 Å². The number of halogens is 3. The third kappa shape index (κ3) is 14.1. The smallest absolute Gasteiger partial charge is 0.244 e. The van der Waals surface area contributed by atoms with Gasteiger partial charge in [0.25, 0.3) is 0 Å². The summed E-state index contributed by atoms with van der Waals surface area (Å²) in [5.41, 5.74) is 0. The summed E-state index contributed by atoms with van der Waals surface area (Å²) in [6.07, 6.45) is 0. The van der Waals surface area contributed by atoms with E-state index in [0.717, 1.165) is 0 Å². The minimum Gasteiger partial charge on any atom is -0.244 e. The van der Waals surface area contributed by atoms with Gasteiger partial charge >= 0.3 is 38.8 Å². The molecule has 0 amide bonds. The van der Waals surface area contributed by atoms with Gasteiger partial charge in [-0.2, -0.15) is 25.3 Å². The molecule has 0 saturated heterocycles. The van der Waals surface area contributed by atoms with Crippen molar-refractivity contribution in [2.45, 2.75) is 0 Å². The molecular weight excluding hydrogens is 315 g/mol. The molecule has 17 heteroatoms. The van der Waals surface area contributed by atoms with Gasteiger partial charge in [0.05, 0.1) is 0 Å². The van der Waals surface area contributed by atoms with Crippen LogP contribution in [0, 0.1) is 0 Å². The maximum Gasteiger partial charge on any atom is 0.690 e. The van der Waals surface area contributed by atoms with Crippen molar-refractivity contribution >= 4 is 57.7 Å². The summed E-state index contributed by atoms with van der Waals surface area (Å²) in [5, 5.41) is 0. The van der Waals surface area contributed by atoms with E-state index in [0.29, 0.717) is 0 Å². The van der Waals surface area contributed by atoms with Crippen LogP contribution in [0.4, 0.5) is 11.7 Å². The topological polar surface area (TPSA) is 130 Å². The molecule has 0 aromatic carbocycles. The second-order valence-electron chi connectivity index (χ2n) is 1.76. The molecule has 0 aromatic heterocycles. The van der Waals surface area contributed by atoms with Crippen LogP contribution in [0.2, 0.25) is 0 Å². The number of hydrogen-bond donors (Lipinski definition) is 0. The summed E-state index contributed by atoms with van der Waals surface area (Å²) in [5.74, 6) is 0. The van der Waals surface area contributed by atoms with Gasteiger partial charge in [0, 0.05) is 18.9 Å². The van der Waals surface area contributed by atoms with E-state index in [1.807, 2.05) is 0 Å². The van der Waals surface area contributed by atoms with Gasteiger partial charge in [-0.3, -0.25) is 0 Å².